The Morgan fingerprint density at radius 1 is 1.53 bits per heavy atom. The zero-order valence-electron chi connectivity index (χ0n) is 11.2. The molecule has 0 radical (unpaired) electrons. The summed E-state index contributed by atoms with van der Waals surface area (Å²) in [5.74, 6) is 2.72. The van der Waals surface area contributed by atoms with Gasteiger partial charge >= 0.3 is 0 Å². The number of terminal acetylenes is 1. The van der Waals surface area contributed by atoms with Gasteiger partial charge in [-0.05, 0) is 25.9 Å². The van der Waals surface area contributed by atoms with Gasteiger partial charge in [0, 0.05) is 25.6 Å². The molecule has 2 atom stereocenters. The van der Waals surface area contributed by atoms with Gasteiger partial charge in [0.25, 0.3) is 0 Å². The van der Waals surface area contributed by atoms with E-state index in [1.807, 2.05) is 0 Å². The fourth-order valence-corrected chi connectivity index (χ4v) is 2.41. The molecule has 0 aromatic heterocycles. The number of rotatable bonds is 7. The van der Waals surface area contributed by atoms with E-state index in [4.69, 9.17) is 11.2 Å². The topological polar surface area (TPSA) is 24.5 Å². The molecule has 1 heterocycles. The standard InChI is InChI=1S/C14H26N2O/c1-4-7-8-13(15-6-3)14-12-16(9-5-2)10-11-17-14/h1,13-15H,5-12H2,2-3H3. The van der Waals surface area contributed by atoms with Gasteiger partial charge in [0.15, 0.2) is 0 Å². The molecule has 1 aliphatic rings. The van der Waals surface area contributed by atoms with Crippen molar-refractivity contribution < 1.29 is 4.74 Å². The van der Waals surface area contributed by atoms with Crippen LogP contribution in [-0.4, -0.2) is 49.8 Å². The summed E-state index contributed by atoms with van der Waals surface area (Å²) in [6.45, 7) is 9.47. The van der Waals surface area contributed by atoms with Gasteiger partial charge in [-0.15, -0.1) is 12.3 Å². The maximum absolute atomic E-state index is 5.89. The summed E-state index contributed by atoms with van der Waals surface area (Å²) in [5.41, 5.74) is 0. The molecule has 1 rings (SSSR count). The fraction of sp³-hybridized carbons (Fsp3) is 0.857. The monoisotopic (exact) mass is 238 g/mol. The first kappa shape index (κ1) is 14.5. The number of morpholine rings is 1. The van der Waals surface area contributed by atoms with E-state index in [-0.39, 0.29) is 0 Å². The third-order valence-electron chi connectivity index (χ3n) is 3.23. The van der Waals surface area contributed by atoms with Crippen LogP contribution in [0.25, 0.3) is 0 Å². The summed E-state index contributed by atoms with van der Waals surface area (Å²) in [6.07, 6.45) is 8.69. The van der Waals surface area contributed by atoms with Crippen molar-refractivity contribution in [3.05, 3.63) is 0 Å². The molecule has 17 heavy (non-hydrogen) atoms. The molecule has 0 aliphatic carbocycles. The van der Waals surface area contributed by atoms with Crippen molar-refractivity contribution >= 4 is 0 Å². The molecule has 1 fully saturated rings. The lowest BCUT2D eigenvalue weighted by Crippen LogP contribution is -2.52. The van der Waals surface area contributed by atoms with Gasteiger partial charge in [-0.3, -0.25) is 4.90 Å². The van der Waals surface area contributed by atoms with Gasteiger partial charge in [0.05, 0.1) is 12.7 Å². The average molecular weight is 238 g/mol. The van der Waals surface area contributed by atoms with Gasteiger partial charge in [0.1, 0.15) is 0 Å². The first-order valence-corrected chi connectivity index (χ1v) is 6.82. The Morgan fingerprint density at radius 2 is 2.35 bits per heavy atom. The predicted molar refractivity (Wildman–Crippen MR) is 72.0 cm³/mol. The maximum Gasteiger partial charge on any atom is 0.0855 e. The number of ether oxygens (including phenoxy) is 1. The summed E-state index contributed by atoms with van der Waals surface area (Å²) < 4.78 is 5.89. The molecule has 0 saturated carbocycles. The van der Waals surface area contributed by atoms with Gasteiger partial charge in [-0.1, -0.05) is 13.8 Å². The third kappa shape index (κ3) is 5.08. The summed E-state index contributed by atoms with van der Waals surface area (Å²) in [4.78, 5) is 2.49. The Kier molecular flexibility index (Phi) is 7.27. The lowest BCUT2D eigenvalue weighted by atomic mass is 10.0. The average Bonchev–Trinajstić information content (AvgIpc) is 2.35. The third-order valence-corrected chi connectivity index (χ3v) is 3.23. The van der Waals surface area contributed by atoms with E-state index in [1.54, 1.807) is 0 Å². The van der Waals surface area contributed by atoms with Crippen LogP contribution in [0.5, 0.6) is 0 Å². The molecule has 2 unspecified atom stereocenters. The van der Waals surface area contributed by atoms with E-state index in [0.29, 0.717) is 12.1 Å². The number of nitrogens with one attached hydrogen (secondary N) is 1. The first-order chi connectivity index (χ1) is 8.31. The molecule has 98 valence electrons. The Morgan fingerprint density at radius 3 is 3.00 bits per heavy atom. The number of hydrogen-bond acceptors (Lipinski definition) is 3. The molecular weight excluding hydrogens is 212 g/mol. The van der Waals surface area contributed by atoms with Crippen LogP contribution in [0.4, 0.5) is 0 Å². The normalized spacial score (nSPS) is 23.2. The molecule has 3 nitrogen and oxygen atoms in total. The van der Waals surface area contributed by atoms with E-state index in [9.17, 15) is 0 Å². The number of likely N-dealkylation sites (N-methyl/N-ethyl adjacent to an activating group) is 1. The molecule has 1 saturated heterocycles. The molecule has 1 N–H and O–H groups in total. The predicted octanol–water partition coefficient (Wildman–Crippen LogP) is 1.49. The van der Waals surface area contributed by atoms with Crippen LogP contribution >= 0.6 is 0 Å². The van der Waals surface area contributed by atoms with E-state index in [0.717, 1.165) is 39.1 Å². The van der Waals surface area contributed by atoms with Crippen LogP contribution in [0.3, 0.4) is 0 Å². The molecule has 0 amide bonds. The van der Waals surface area contributed by atoms with Crippen molar-refractivity contribution in [2.45, 2.75) is 45.3 Å². The zero-order chi connectivity index (χ0) is 12.5. The second-order valence-electron chi connectivity index (χ2n) is 4.62. The summed E-state index contributed by atoms with van der Waals surface area (Å²) in [6, 6.07) is 0.399. The molecule has 0 aromatic rings. The lowest BCUT2D eigenvalue weighted by molar-refractivity contribution is -0.0471. The van der Waals surface area contributed by atoms with Crippen LogP contribution in [0, 0.1) is 12.3 Å². The lowest BCUT2D eigenvalue weighted by Gasteiger charge is -2.37. The van der Waals surface area contributed by atoms with Crippen LogP contribution in [0.2, 0.25) is 0 Å². The van der Waals surface area contributed by atoms with Gasteiger partial charge < -0.3 is 10.1 Å². The molecular formula is C14H26N2O. The Balaban J connectivity index is 2.45. The maximum atomic E-state index is 5.89. The second kappa shape index (κ2) is 8.52. The highest BCUT2D eigenvalue weighted by Gasteiger charge is 2.26. The van der Waals surface area contributed by atoms with Crippen molar-refractivity contribution in [1.82, 2.24) is 10.2 Å². The van der Waals surface area contributed by atoms with Crippen LogP contribution in [-0.2, 0) is 4.74 Å². The van der Waals surface area contributed by atoms with Crippen molar-refractivity contribution in [2.75, 3.05) is 32.8 Å². The van der Waals surface area contributed by atoms with E-state index in [2.05, 4.69) is 30.0 Å². The van der Waals surface area contributed by atoms with Crippen molar-refractivity contribution in [2.24, 2.45) is 0 Å². The smallest absolute Gasteiger partial charge is 0.0855 e. The van der Waals surface area contributed by atoms with Gasteiger partial charge in [0.2, 0.25) is 0 Å². The minimum atomic E-state index is 0.295. The minimum Gasteiger partial charge on any atom is -0.374 e. The van der Waals surface area contributed by atoms with Crippen molar-refractivity contribution in [3.63, 3.8) is 0 Å². The highest BCUT2D eigenvalue weighted by Crippen LogP contribution is 2.13. The van der Waals surface area contributed by atoms with E-state index in [1.165, 1.54) is 13.0 Å². The Hall–Kier alpha value is -0.560. The summed E-state index contributed by atoms with van der Waals surface area (Å²) in [5, 5.41) is 3.50. The first-order valence-electron chi connectivity index (χ1n) is 6.82. The second-order valence-corrected chi connectivity index (χ2v) is 4.62. The largest absolute Gasteiger partial charge is 0.374 e. The van der Waals surface area contributed by atoms with Gasteiger partial charge in [-0.25, -0.2) is 0 Å². The molecule has 0 aromatic carbocycles. The minimum absolute atomic E-state index is 0.295. The highest BCUT2D eigenvalue weighted by molar-refractivity contribution is 4.89. The molecule has 0 spiro atoms. The van der Waals surface area contributed by atoms with Crippen LogP contribution in [0.15, 0.2) is 0 Å². The Bertz CT molecular complexity index is 235. The Labute approximate surface area is 106 Å². The highest BCUT2D eigenvalue weighted by atomic mass is 16.5. The quantitative estimate of drug-likeness (QED) is 0.680. The molecule has 1 aliphatic heterocycles. The number of hydrogen-bond donors (Lipinski definition) is 1. The van der Waals surface area contributed by atoms with E-state index >= 15 is 0 Å². The van der Waals surface area contributed by atoms with Crippen molar-refractivity contribution in [3.8, 4) is 12.3 Å². The summed E-state index contributed by atoms with van der Waals surface area (Å²) >= 11 is 0. The van der Waals surface area contributed by atoms with E-state index < -0.39 is 0 Å². The molecule has 0 bridgehead atoms. The summed E-state index contributed by atoms with van der Waals surface area (Å²) in [7, 11) is 0. The SMILES string of the molecule is C#CCCC(NCC)C1CN(CCC)CCO1. The zero-order valence-corrected chi connectivity index (χ0v) is 11.2. The fourth-order valence-electron chi connectivity index (χ4n) is 2.41. The van der Waals surface area contributed by atoms with Crippen LogP contribution < -0.4 is 5.32 Å². The van der Waals surface area contributed by atoms with Crippen molar-refractivity contribution in [1.29, 1.82) is 0 Å². The van der Waals surface area contributed by atoms with Crippen LogP contribution in [0.1, 0.15) is 33.1 Å². The molecule has 3 heteroatoms. The number of nitrogens with zero attached hydrogens (tertiary/aromatic N) is 1. The van der Waals surface area contributed by atoms with Gasteiger partial charge in [-0.2, -0.15) is 0 Å².